The number of amides is 2. The van der Waals surface area contributed by atoms with E-state index in [1.54, 1.807) is 0 Å². The fourth-order valence-electron chi connectivity index (χ4n) is 2.83. The molecule has 1 N–H and O–H groups in total. The van der Waals surface area contributed by atoms with E-state index in [1.165, 1.54) is 20.2 Å². The van der Waals surface area contributed by atoms with Crippen molar-refractivity contribution in [2.45, 2.75) is 32.7 Å². The van der Waals surface area contributed by atoms with E-state index in [-0.39, 0.29) is 18.0 Å². The Morgan fingerprint density at radius 3 is 2.63 bits per heavy atom. The Morgan fingerprint density at radius 1 is 1.41 bits per heavy atom. The van der Waals surface area contributed by atoms with Crippen molar-refractivity contribution in [1.82, 2.24) is 14.8 Å². The van der Waals surface area contributed by atoms with E-state index in [0.29, 0.717) is 6.04 Å². The molecule has 1 heterocycles. The van der Waals surface area contributed by atoms with Gasteiger partial charge in [-0.15, -0.1) is 0 Å². The molecule has 0 unspecified atom stereocenters. The van der Waals surface area contributed by atoms with E-state index >= 15 is 0 Å². The summed E-state index contributed by atoms with van der Waals surface area (Å²) in [6.45, 7) is 3.27. The van der Waals surface area contributed by atoms with Crippen molar-refractivity contribution in [3.8, 4) is 6.07 Å². The van der Waals surface area contributed by atoms with Gasteiger partial charge in [-0.05, 0) is 44.4 Å². The number of aryl methyl sites for hydroxylation is 1. The Bertz CT molecular complexity index is 827. The van der Waals surface area contributed by atoms with Crippen LogP contribution in [-0.2, 0) is 19.1 Å². The van der Waals surface area contributed by atoms with Gasteiger partial charge in [-0.2, -0.15) is 5.26 Å². The minimum absolute atomic E-state index is 0.138. The maximum absolute atomic E-state index is 12.2. The van der Waals surface area contributed by atoms with Crippen LogP contribution in [0.4, 0.5) is 0 Å². The molecule has 27 heavy (non-hydrogen) atoms. The molecule has 0 radical (unpaired) electrons. The van der Waals surface area contributed by atoms with Gasteiger partial charge in [-0.25, -0.2) is 4.79 Å². The van der Waals surface area contributed by atoms with Crippen LogP contribution in [0.15, 0.2) is 11.6 Å². The summed E-state index contributed by atoms with van der Waals surface area (Å²) >= 11 is 0. The Hall–Kier alpha value is -3.08. The Balaban J connectivity index is 2.03. The fourth-order valence-corrected chi connectivity index (χ4v) is 2.83. The lowest BCUT2D eigenvalue weighted by Gasteiger charge is -2.15. The van der Waals surface area contributed by atoms with Crippen LogP contribution in [0.5, 0.6) is 0 Å². The number of aromatic nitrogens is 1. The van der Waals surface area contributed by atoms with E-state index in [2.05, 4.69) is 9.88 Å². The van der Waals surface area contributed by atoms with E-state index in [4.69, 9.17) is 4.74 Å². The molecule has 1 fully saturated rings. The number of rotatable bonds is 7. The first-order valence-corrected chi connectivity index (χ1v) is 8.70. The average Bonchev–Trinajstić information content (AvgIpc) is 3.42. The van der Waals surface area contributed by atoms with E-state index in [9.17, 15) is 19.6 Å². The fraction of sp³-hybridized carbons (Fsp3) is 0.474. The van der Waals surface area contributed by atoms with Crippen LogP contribution in [-0.4, -0.2) is 54.5 Å². The molecule has 1 aromatic heterocycles. The van der Waals surface area contributed by atoms with Gasteiger partial charge in [0.15, 0.2) is 6.61 Å². The second kappa shape index (κ2) is 8.54. The molecule has 1 saturated carbocycles. The third-order valence-corrected chi connectivity index (χ3v) is 4.49. The minimum atomic E-state index is -0.865. The molecule has 8 nitrogen and oxygen atoms in total. The number of carbonyl (C=O) groups is 3. The van der Waals surface area contributed by atoms with Crippen LogP contribution in [0.1, 0.15) is 35.8 Å². The molecule has 2 amide bonds. The first-order valence-electron chi connectivity index (χ1n) is 8.70. The third kappa shape index (κ3) is 4.97. The number of esters is 1. The Kier molecular flexibility index (Phi) is 6.40. The van der Waals surface area contributed by atoms with Crippen LogP contribution in [0.25, 0.3) is 6.08 Å². The summed E-state index contributed by atoms with van der Waals surface area (Å²) < 4.78 is 7.15. The highest BCUT2D eigenvalue weighted by Gasteiger charge is 2.27. The first kappa shape index (κ1) is 20.2. The SMILES string of the molecule is CNC(=O)CN(C)C(=O)COC(=O)/C(C#N)=C/c1cc(C)n(C2CC2)c1C. The highest BCUT2D eigenvalue weighted by Crippen LogP contribution is 2.38. The molecular weight excluding hydrogens is 348 g/mol. The second-order valence-corrected chi connectivity index (χ2v) is 6.60. The Morgan fingerprint density at radius 2 is 2.07 bits per heavy atom. The lowest BCUT2D eigenvalue weighted by Crippen LogP contribution is -2.39. The third-order valence-electron chi connectivity index (χ3n) is 4.49. The predicted octanol–water partition coefficient (Wildman–Crippen LogP) is 1.09. The smallest absolute Gasteiger partial charge is 0.349 e. The first-order chi connectivity index (χ1) is 12.8. The van der Waals surface area contributed by atoms with E-state index < -0.39 is 18.5 Å². The highest BCUT2D eigenvalue weighted by molar-refractivity contribution is 5.99. The number of nitriles is 1. The predicted molar refractivity (Wildman–Crippen MR) is 98.4 cm³/mol. The van der Waals surface area contributed by atoms with Gasteiger partial charge in [-0.3, -0.25) is 9.59 Å². The molecule has 1 aromatic rings. The van der Waals surface area contributed by atoms with Crippen molar-refractivity contribution in [3.05, 3.63) is 28.6 Å². The van der Waals surface area contributed by atoms with Gasteiger partial charge in [0, 0.05) is 31.5 Å². The van der Waals surface area contributed by atoms with Crippen LogP contribution in [0.3, 0.4) is 0 Å². The number of likely N-dealkylation sites (N-methyl/N-ethyl adjacent to an activating group) is 2. The standard InChI is InChI=1S/C19H24N4O4/c1-12-7-14(13(2)23(12)16-5-6-16)8-15(9-20)19(26)27-11-18(25)22(4)10-17(24)21-3/h7-8,16H,5-6,10-11H2,1-4H3,(H,21,24)/b15-8+. The lowest BCUT2D eigenvalue weighted by atomic mass is 10.1. The molecule has 8 heteroatoms. The maximum atomic E-state index is 12.2. The van der Waals surface area contributed by atoms with Gasteiger partial charge in [-0.1, -0.05) is 0 Å². The summed E-state index contributed by atoms with van der Waals surface area (Å²) in [6, 6.07) is 4.26. The number of carbonyl (C=O) groups excluding carboxylic acids is 3. The number of hydrogen-bond donors (Lipinski definition) is 1. The summed E-state index contributed by atoms with van der Waals surface area (Å²) in [6.07, 6.45) is 3.76. The van der Waals surface area contributed by atoms with Gasteiger partial charge >= 0.3 is 5.97 Å². The molecule has 1 aliphatic carbocycles. The van der Waals surface area contributed by atoms with Crippen LogP contribution >= 0.6 is 0 Å². The largest absolute Gasteiger partial charge is 0.451 e. The normalized spacial score (nSPS) is 13.7. The molecule has 2 rings (SSSR count). The molecular formula is C19H24N4O4. The lowest BCUT2D eigenvalue weighted by molar-refractivity contribution is -0.148. The quantitative estimate of drug-likeness (QED) is 0.438. The average molecular weight is 372 g/mol. The van der Waals surface area contributed by atoms with Crippen LogP contribution in [0.2, 0.25) is 0 Å². The molecule has 0 bridgehead atoms. The molecule has 0 atom stereocenters. The summed E-state index contributed by atoms with van der Waals surface area (Å²) in [4.78, 5) is 36.5. The highest BCUT2D eigenvalue weighted by atomic mass is 16.5. The molecule has 0 aromatic carbocycles. The van der Waals surface area contributed by atoms with Crippen LogP contribution < -0.4 is 5.32 Å². The zero-order chi connectivity index (χ0) is 20.1. The minimum Gasteiger partial charge on any atom is -0.451 e. The van der Waals surface area contributed by atoms with Gasteiger partial charge < -0.3 is 19.5 Å². The zero-order valence-corrected chi connectivity index (χ0v) is 16.0. The summed E-state index contributed by atoms with van der Waals surface area (Å²) in [5, 5.41) is 11.7. The van der Waals surface area contributed by atoms with Crippen molar-refractivity contribution in [3.63, 3.8) is 0 Å². The number of nitrogens with one attached hydrogen (secondary N) is 1. The number of hydrogen-bond acceptors (Lipinski definition) is 5. The Labute approximate surface area is 158 Å². The molecule has 0 saturated heterocycles. The molecule has 1 aliphatic rings. The van der Waals surface area contributed by atoms with E-state index in [0.717, 1.165) is 34.7 Å². The topological polar surface area (TPSA) is 104 Å². The van der Waals surface area contributed by atoms with Crippen molar-refractivity contribution in [2.75, 3.05) is 27.2 Å². The van der Waals surface area contributed by atoms with Crippen molar-refractivity contribution in [2.24, 2.45) is 0 Å². The summed E-state index contributed by atoms with van der Waals surface area (Å²) in [5.41, 5.74) is 2.69. The molecule has 144 valence electrons. The van der Waals surface area contributed by atoms with Crippen molar-refractivity contribution >= 4 is 23.9 Å². The second-order valence-electron chi connectivity index (χ2n) is 6.60. The maximum Gasteiger partial charge on any atom is 0.349 e. The van der Waals surface area contributed by atoms with Gasteiger partial charge in [0.2, 0.25) is 5.91 Å². The van der Waals surface area contributed by atoms with E-state index in [1.807, 2.05) is 26.0 Å². The van der Waals surface area contributed by atoms with Gasteiger partial charge in [0.25, 0.3) is 5.91 Å². The number of nitrogens with zero attached hydrogens (tertiary/aromatic N) is 3. The zero-order valence-electron chi connectivity index (χ0n) is 16.0. The van der Waals surface area contributed by atoms with Gasteiger partial charge in [0.05, 0.1) is 6.54 Å². The summed E-state index contributed by atoms with van der Waals surface area (Å²) in [5.74, 6) is -1.73. The molecule has 0 aliphatic heterocycles. The van der Waals surface area contributed by atoms with Crippen LogP contribution in [0, 0.1) is 25.2 Å². The van der Waals surface area contributed by atoms with Gasteiger partial charge in [0.1, 0.15) is 11.6 Å². The van der Waals surface area contributed by atoms with Crippen molar-refractivity contribution in [1.29, 1.82) is 5.26 Å². The van der Waals surface area contributed by atoms with Crippen molar-refractivity contribution < 1.29 is 19.1 Å². The summed E-state index contributed by atoms with van der Waals surface area (Å²) in [7, 11) is 2.89. The monoisotopic (exact) mass is 372 g/mol. The molecule has 0 spiro atoms. The number of ether oxygens (including phenoxy) is 1.